The number of rotatable bonds is 20. The van der Waals surface area contributed by atoms with Crippen LogP contribution in [0.4, 0.5) is 0 Å². The quantitative estimate of drug-likeness (QED) is 0.129. The monoisotopic (exact) mass is 451 g/mol. The number of ether oxygens (including phenoxy) is 1. The summed E-state index contributed by atoms with van der Waals surface area (Å²) in [6.07, 6.45) is 18.5. The number of nitrogens with two attached hydrogens (primary N) is 1. The number of unbranched alkanes of at least 4 members (excludes halogenated alkanes) is 14. The van der Waals surface area contributed by atoms with Crippen molar-refractivity contribution in [1.29, 1.82) is 0 Å². The molecule has 0 amide bonds. The van der Waals surface area contributed by atoms with Crippen LogP contribution in [-0.2, 0) is 19.1 Å². The largest absolute Gasteiger partial charge is 1.00 e. The third kappa shape index (κ3) is 22.9. The minimum absolute atomic E-state index is 0. The SMILES string of the molecule is CCCCCCCCCCCCCCCCCC(=O)OC(=O)C(N)CCC(=O)[O-].[K+]. The first kappa shape index (κ1) is 32.4. The molecular weight excluding hydrogens is 409 g/mol. The number of carbonyl (C=O) groups excluding carboxylic acids is 3. The molecule has 0 radical (unpaired) electrons. The molecule has 0 saturated carbocycles. The molecule has 170 valence electrons. The number of hydrogen-bond donors (Lipinski definition) is 1. The molecule has 7 heteroatoms. The number of esters is 2. The molecule has 0 heterocycles. The number of carboxylic acid groups (broad SMARTS) is 1. The van der Waals surface area contributed by atoms with E-state index >= 15 is 0 Å². The van der Waals surface area contributed by atoms with Gasteiger partial charge in [0.25, 0.3) is 0 Å². The smallest absolute Gasteiger partial charge is 0.550 e. The zero-order chi connectivity index (χ0) is 21.7. The summed E-state index contributed by atoms with van der Waals surface area (Å²) in [4.78, 5) is 33.5. The summed E-state index contributed by atoms with van der Waals surface area (Å²) in [6, 6.07) is -1.10. The summed E-state index contributed by atoms with van der Waals surface area (Å²) in [5.41, 5.74) is 5.48. The topological polar surface area (TPSA) is 110 Å². The van der Waals surface area contributed by atoms with Crippen LogP contribution in [0.3, 0.4) is 0 Å². The van der Waals surface area contributed by atoms with Crippen LogP contribution in [0.2, 0.25) is 0 Å². The van der Waals surface area contributed by atoms with E-state index in [9.17, 15) is 19.5 Å². The Labute approximate surface area is 225 Å². The number of carboxylic acids is 1. The van der Waals surface area contributed by atoms with Crippen molar-refractivity contribution in [2.75, 3.05) is 0 Å². The third-order valence-electron chi connectivity index (χ3n) is 5.16. The Morgan fingerprint density at radius 1 is 0.733 bits per heavy atom. The van der Waals surface area contributed by atoms with E-state index in [2.05, 4.69) is 11.7 Å². The Bertz CT molecular complexity index is 445. The number of carbonyl (C=O) groups is 3. The first-order chi connectivity index (χ1) is 14.0. The Morgan fingerprint density at radius 3 is 1.53 bits per heavy atom. The predicted molar refractivity (Wildman–Crippen MR) is 113 cm³/mol. The van der Waals surface area contributed by atoms with Gasteiger partial charge in [0.1, 0.15) is 6.04 Å². The van der Waals surface area contributed by atoms with Gasteiger partial charge in [-0.3, -0.25) is 4.79 Å². The van der Waals surface area contributed by atoms with E-state index in [1.165, 1.54) is 77.0 Å². The summed E-state index contributed by atoms with van der Waals surface area (Å²) in [5, 5.41) is 10.3. The van der Waals surface area contributed by atoms with Gasteiger partial charge in [-0.05, 0) is 19.3 Å². The van der Waals surface area contributed by atoms with Gasteiger partial charge in [-0.1, -0.05) is 96.8 Å². The van der Waals surface area contributed by atoms with E-state index in [0.29, 0.717) is 6.42 Å². The Kier molecular flexibility index (Phi) is 25.8. The summed E-state index contributed by atoms with van der Waals surface area (Å²) in [7, 11) is 0. The second-order valence-corrected chi connectivity index (χ2v) is 8.01. The van der Waals surface area contributed by atoms with Crippen molar-refractivity contribution < 1.29 is 75.6 Å². The maximum absolute atomic E-state index is 11.6. The van der Waals surface area contributed by atoms with Crippen LogP contribution in [0.15, 0.2) is 0 Å². The molecule has 0 aliphatic heterocycles. The van der Waals surface area contributed by atoms with Crippen LogP contribution in [-0.4, -0.2) is 23.9 Å². The fourth-order valence-electron chi connectivity index (χ4n) is 3.27. The van der Waals surface area contributed by atoms with Crippen LogP contribution in [0.5, 0.6) is 0 Å². The predicted octanol–water partition coefficient (Wildman–Crippen LogP) is 1.18. The van der Waals surface area contributed by atoms with E-state index in [0.717, 1.165) is 12.8 Å². The molecule has 0 bridgehead atoms. The molecule has 0 aromatic rings. The molecule has 0 fully saturated rings. The molecule has 0 aliphatic rings. The van der Waals surface area contributed by atoms with Crippen molar-refractivity contribution in [3.8, 4) is 0 Å². The van der Waals surface area contributed by atoms with E-state index in [1.54, 1.807) is 0 Å². The van der Waals surface area contributed by atoms with E-state index in [1.807, 2.05) is 0 Å². The van der Waals surface area contributed by atoms with Gasteiger partial charge in [-0.2, -0.15) is 0 Å². The fraction of sp³-hybridized carbons (Fsp3) is 0.870. The summed E-state index contributed by atoms with van der Waals surface area (Å²) < 4.78 is 4.65. The van der Waals surface area contributed by atoms with Gasteiger partial charge in [0, 0.05) is 12.4 Å². The van der Waals surface area contributed by atoms with Crippen molar-refractivity contribution in [1.82, 2.24) is 0 Å². The molecule has 30 heavy (non-hydrogen) atoms. The molecule has 2 N–H and O–H groups in total. The van der Waals surface area contributed by atoms with Crippen LogP contribution in [0, 0.1) is 0 Å². The molecule has 0 aromatic heterocycles. The molecule has 0 aromatic carbocycles. The Hall–Kier alpha value is 0.206. The standard InChI is InChI=1S/C23H43NO5.K/c1-2-3-4-5-6-7-8-9-10-11-12-13-14-15-16-17-22(27)29-23(28)20(24)18-19-21(25)26;/h20H,2-19,24H2,1H3,(H,25,26);/q;+1/p-1. The van der Waals surface area contributed by atoms with Gasteiger partial charge in [0.2, 0.25) is 0 Å². The zero-order valence-corrected chi connectivity index (χ0v) is 22.5. The first-order valence-electron chi connectivity index (χ1n) is 11.7. The Morgan fingerprint density at radius 2 is 1.13 bits per heavy atom. The maximum atomic E-state index is 11.6. The second-order valence-electron chi connectivity index (χ2n) is 8.01. The van der Waals surface area contributed by atoms with Crippen molar-refractivity contribution in [3.05, 3.63) is 0 Å². The van der Waals surface area contributed by atoms with E-state index in [-0.39, 0.29) is 70.6 Å². The van der Waals surface area contributed by atoms with Gasteiger partial charge >= 0.3 is 63.3 Å². The number of hydrogen-bond acceptors (Lipinski definition) is 6. The van der Waals surface area contributed by atoms with Gasteiger partial charge in [-0.15, -0.1) is 0 Å². The van der Waals surface area contributed by atoms with Crippen molar-refractivity contribution in [3.63, 3.8) is 0 Å². The minimum Gasteiger partial charge on any atom is -0.550 e. The molecule has 6 nitrogen and oxygen atoms in total. The van der Waals surface area contributed by atoms with Gasteiger partial charge in [0.15, 0.2) is 0 Å². The van der Waals surface area contributed by atoms with E-state index < -0.39 is 23.9 Å². The van der Waals surface area contributed by atoms with Crippen LogP contribution in [0.25, 0.3) is 0 Å². The van der Waals surface area contributed by atoms with Gasteiger partial charge in [-0.25, -0.2) is 4.79 Å². The van der Waals surface area contributed by atoms with Crippen LogP contribution >= 0.6 is 0 Å². The normalized spacial score (nSPS) is 11.5. The van der Waals surface area contributed by atoms with Crippen molar-refractivity contribution in [2.24, 2.45) is 5.73 Å². The van der Waals surface area contributed by atoms with Crippen LogP contribution < -0.4 is 62.2 Å². The molecule has 1 unspecified atom stereocenters. The number of aliphatic carboxylic acids is 1. The minimum atomic E-state index is -1.28. The summed E-state index contributed by atoms with van der Waals surface area (Å²) >= 11 is 0. The molecule has 1 atom stereocenters. The van der Waals surface area contributed by atoms with Gasteiger partial charge < -0.3 is 20.4 Å². The molecule has 0 spiro atoms. The van der Waals surface area contributed by atoms with E-state index in [4.69, 9.17) is 5.73 Å². The van der Waals surface area contributed by atoms with Crippen molar-refractivity contribution >= 4 is 17.9 Å². The average molecular weight is 452 g/mol. The zero-order valence-electron chi connectivity index (χ0n) is 19.4. The molecule has 0 saturated heterocycles. The summed E-state index contributed by atoms with van der Waals surface area (Å²) in [6.45, 7) is 2.25. The fourth-order valence-corrected chi connectivity index (χ4v) is 3.27. The average Bonchev–Trinajstić information content (AvgIpc) is 2.68. The molecule has 0 rings (SSSR count). The third-order valence-corrected chi connectivity index (χ3v) is 5.16. The molecule has 0 aliphatic carbocycles. The summed E-state index contributed by atoms with van der Waals surface area (Å²) in [5.74, 6) is -2.73. The van der Waals surface area contributed by atoms with Gasteiger partial charge in [0.05, 0.1) is 0 Å². The maximum Gasteiger partial charge on any atom is 1.00 e. The van der Waals surface area contributed by atoms with Crippen molar-refractivity contribution in [2.45, 2.75) is 129 Å². The van der Waals surface area contributed by atoms with Crippen LogP contribution in [0.1, 0.15) is 122 Å². The second kappa shape index (κ2) is 23.9. The Balaban J connectivity index is 0. The molecular formula is C23H42KNO5. The first-order valence-corrected chi connectivity index (χ1v) is 11.7.